The second-order valence-electron chi connectivity index (χ2n) is 4.99. The number of hydrogen-bond acceptors (Lipinski definition) is 3. The van der Waals surface area contributed by atoms with Crippen LogP contribution in [0.1, 0.15) is 24.2 Å². The molecule has 1 aliphatic rings. The Morgan fingerprint density at radius 3 is 2.83 bits per heavy atom. The van der Waals surface area contributed by atoms with E-state index in [4.69, 9.17) is 4.74 Å². The zero-order valence-electron chi connectivity index (χ0n) is 10.4. The largest absolute Gasteiger partial charge is 0.507 e. The number of amides is 1. The Kier molecular flexibility index (Phi) is 3.82. The molecule has 5 heteroatoms. The van der Waals surface area contributed by atoms with Crippen LogP contribution >= 0.6 is 22.6 Å². The molecule has 1 aromatic carbocycles. The summed E-state index contributed by atoms with van der Waals surface area (Å²) >= 11 is 2.03. The third-order valence-corrected chi connectivity index (χ3v) is 4.00. The maximum atomic E-state index is 12.4. The van der Waals surface area contributed by atoms with E-state index in [1.807, 2.05) is 36.4 Å². The van der Waals surface area contributed by atoms with Crippen molar-refractivity contribution < 1.29 is 14.6 Å². The van der Waals surface area contributed by atoms with Crippen molar-refractivity contribution in [1.82, 2.24) is 4.90 Å². The Bertz CT molecular complexity index is 473. The molecule has 1 heterocycles. The predicted molar refractivity (Wildman–Crippen MR) is 76.8 cm³/mol. The fraction of sp³-hybridized carbons (Fsp3) is 0.462. The lowest BCUT2D eigenvalue weighted by molar-refractivity contribution is -0.0370. The number of aromatic hydroxyl groups is 1. The molecule has 2 rings (SSSR count). The van der Waals surface area contributed by atoms with Crippen molar-refractivity contribution >= 4 is 28.5 Å². The highest BCUT2D eigenvalue weighted by molar-refractivity contribution is 14.1. The van der Waals surface area contributed by atoms with Crippen LogP contribution < -0.4 is 0 Å². The maximum Gasteiger partial charge on any atom is 0.254 e. The van der Waals surface area contributed by atoms with Gasteiger partial charge in [0.25, 0.3) is 5.91 Å². The van der Waals surface area contributed by atoms with E-state index in [2.05, 4.69) is 0 Å². The Morgan fingerprint density at radius 1 is 1.50 bits per heavy atom. The quantitative estimate of drug-likeness (QED) is 0.781. The van der Waals surface area contributed by atoms with Crippen LogP contribution in [0.3, 0.4) is 0 Å². The number of carbonyl (C=O) groups is 1. The molecule has 1 aromatic rings. The molecule has 4 nitrogen and oxygen atoms in total. The zero-order chi connectivity index (χ0) is 13.3. The Labute approximate surface area is 120 Å². The number of carbonyl (C=O) groups excluding carboxylic acids is 1. The highest BCUT2D eigenvalue weighted by Crippen LogP contribution is 2.25. The molecule has 0 unspecified atom stereocenters. The average molecular weight is 361 g/mol. The molecule has 98 valence electrons. The molecule has 0 aromatic heterocycles. The van der Waals surface area contributed by atoms with Gasteiger partial charge in [-0.2, -0.15) is 0 Å². The van der Waals surface area contributed by atoms with Crippen LogP contribution in [0.15, 0.2) is 18.2 Å². The van der Waals surface area contributed by atoms with Gasteiger partial charge in [-0.15, -0.1) is 0 Å². The van der Waals surface area contributed by atoms with Crippen LogP contribution in [-0.2, 0) is 4.74 Å². The van der Waals surface area contributed by atoms with Gasteiger partial charge in [0, 0.05) is 12.1 Å². The number of morpholine rings is 1. The van der Waals surface area contributed by atoms with Gasteiger partial charge in [-0.3, -0.25) is 4.79 Å². The molecule has 0 saturated carbocycles. The number of phenols is 1. The molecule has 18 heavy (non-hydrogen) atoms. The Morgan fingerprint density at radius 2 is 2.22 bits per heavy atom. The van der Waals surface area contributed by atoms with Gasteiger partial charge in [0.1, 0.15) is 5.75 Å². The van der Waals surface area contributed by atoms with E-state index in [0.29, 0.717) is 25.3 Å². The first-order valence-corrected chi connectivity index (χ1v) is 6.88. The van der Waals surface area contributed by atoms with Crippen molar-refractivity contribution in [3.63, 3.8) is 0 Å². The molecule has 0 aliphatic carbocycles. The van der Waals surface area contributed by atoms with E-state index < -0.39 is 0 Å². The molecule has 1 amide bonds. The molecule has 1 aliphatic heterocycles. The molecule has 1 saturated heterocycles. The molecule has 1 fully saturated rings. The summed E-state index contributed by atoms with van der Waals surface area (Å²) in [6.07, 6.45) is 0. The van der Waals surface area contributed by atoms with Crippen molar-refractivity contribution in [2.24, 2.45) is 0 Å². The Hall–Kier alpha value is -0.820. The van der Waals surface area contributed by atoms with Crippen LogP contribution in [0.4, 0.5) is 0 Å². The molecule has 1 N–H and O–H groups in total. The number of phenolic OH excluding ortho intramolecular Hbond substituents is 1. The molecular formula is C13H16INO3. The SMILES string of the molecule is CC1(C)COCCN1C(=O)c1ccc(I)c(O)c1. The number of hydrogen-bond donors (Lipinski definition) is 1. The third kappa shape index (κ3) is 2.61. The summed E-state index contributed by atoms with van der Waals surface area (Å²) in [5.74, 6) is 0.0857. The van der Waals surface area contributed by atoms with Gasteiger partial charge >= 0.3 is 0 Å². The molecular weight excluding hydrogens is 345 g/mol. The first kappa shape index (κ1) is 13.6. The summed E-state index contributed by atoms with van der Waals surface area (Å²) in [7, 11) is 0. The fourth-order valence-corrected chi connectivity index (χ4v) is 2.37. The smallest absolute Gasteiger partial charge is 0.254 e. The van der Waals surface area contributed by atoms with Crippen molar-refractivity contribution in [3.05, 3.63) is 27.3 Å². The standard InChI is InChI=1S/C13H16INO3/c1-13(2)8-18-6-5-15(13)12(17)9-3-4-10(14)11(16)7-9/h3-4,7,16H,5-6,8H2,1-2H3. The summed E-state index contributed by atoms with van der Waals surface area (Å²) < 4.78 is 6.14. The highest BCUT2D eigenvalue weighted by Gasteiger charge is 2.34. The van der Waals surface area contributed by atoms with Crippen LogP contribution in [0.2, 0.25) is 0 Å². The summed E-state index contributed by atoms with van der Waals surface area (Å²) in [5, 5.41) is 9.67. The summed E-state index contributed by atoms with van der Waals surface area (Å²) in [4.78, 5) is 14.2. The highest BCUT2D eigenvalue weighted by atomic mass is 127. The number of rotatable bonds is 1. The third-order valence-electron chi connectivity index (χ3n) is 3.08. The number of benzene rings is 1. The topological polar surface area (TPSA) is 49.8 Å². The monoisotopic (exact) mass is 361 g/mol. The second kappa shape index (κ2) is 5.05. The molecule has 0 atom stereocenters. The maximum absolute atomic E-state index is 12.4. The van der Waals surface area contributed by atoms with E-state index in [9.17, 15) is 9.90 Å². The van der Waals surface area contributed by atoms with Crippen LogP contribution in [-0.4, -0.2) is 41.2 Å². The lowest BCUT2D eigenvalue weighted by Gasteiger charge is -2.42. The lowest BCUT2D eigenvalue weighted by atomic mass is 10.0. The van der Waals surface area contributed by atoms with Gasteiger partial charge < -0.3 is 14.7 Å². The van der Waals surface area contributed by atoms with E-state index >= 15 is 0 Å². The first-order chi connectivity index (χ1) is 8.42. The van der Waals surface area contributed by atoms with E-state index in [1.54, 1.807) is 17.0 Å². The predicted octanol–water partition coefficient (Wildman–Crippen LogP) is 2.25. The van der Waals surface area contributed by atoms with Gasteiger partial charge in [0.2, 0.25) is 0 Å². The van der Waals surface area contributed by atoms with E-state index in [1.165, 1.54) is 6.07 Å². The Balaban J connectivity index is 2.27. The number of ether oxygens (including phenoxy) is 1. The normalized spacial score (nSPS) is 18.7. The van der Waals surface area contributed by atoms with Gasteiger partial charge in [0.15, 0.2) is 0 Å². The van der Waals surface area contributed by atoms with Crippen molar-refractivity contribution in [2.45, 2.75) is 19.4 Å². The second-order valence-corrected chi connectivity index (χ2v) is 6.15. The van der Waals surface area contributed by atoms with E-state index in [-0.39, 0.29) is 17.2 Å². The van der Waals surface area contributed by atoms with Crippen LogP contribution in [0.25, 0.3) is 0 Å². The van der Waals surface area contributed by atoms with Gasteiger partial charge in [-0.1, -0.05) is 0 Å². The van der Waals surface area contributed by atoms with E-state index in [0.717, 1.165) is 3.57 Å². The molecule has 0 bridgehead atoms. The van der Waals surface area contributed by atoms with Crippen LogP contribution in [0, 0.1) is 3.57 Å². The minimum absolute atomic E-state index is 0.0602. The van der Waals surface area contributed by atoms with Crippen molar-refractivity contribution in [1.29, 1.82) is 0 Å². The van der Waals surface area contributed by atoms with Gasteiger partial charge in [0.05, 0.1) is 22.3 Å². The minimum atomic E-state index is -0.312. The summed E-state index contributed by atoms with van der Waals surface area (Å²) in [6.45, 7) is 5.65. The van der Waals surface area contributed by atoms with Gasteiger partial charge in [-0.25, -0.2) is 0 Å². The van der Waals surface area contributed by atoms with Crippen LogP contribution in [0.5, 0.6) is 5.75 Å². The average Bonchev–Trinajstić information content (AvgIpc) is 2.31. The lowest BCUT2D eigenvalue weighted by Crippen LogP contribution is -2.55. The number of halogens is 1. The van der Waals surface area contributed by atoms with Crippen molar-refractivity contribution in [3.8, 4) is 5.75 Å². The number of nitrogens with zero attached hydrogens (tertiary/aromatic N) is 1. The van der Waals surface area contributed by atoms with Gasteiger partial charge in [-0.05, 0) is 54.6 Å². The molecule has 0 radical (unpaired) electrons. The summed E-state index contributed by atoms with van der Waals surface area (Å²) in [6, 6.07) is 5.02. The minimum Gasteiger partial charge on any atom is -0.507 e. The zero-order valence-corrected chi connectivity index (χ0v) is 12.6. The first-order valence-electron chi connectivity index (χ1n) is 5.80. The summed E-state index contributed by atoms with van der Waals surface area (Å²) in [5.41, 5.74) is 0.205. The molecule has 0 spiro atoms. The fourth-order valence-electron chi connectivity index (χ4n) is 2.04. The van der Waals surface area contributed by atoms with Crippen molar-refractivity contribution in [2.75, 3.05) is 19.8 Å².